The molecule has 2 rings (SSSR count). The highest BCUT2D eigenvalue weighted by molar-refractivity contribution is 9.10. The number of halogens is 2. The predicted octanol–water partition coefficient (Wildman–Crippen LogP) is 3.07. The summed E-state index contributed by atoms with van der Waals surface area (Å²) in [5, 5.41) is 8.71. The second kappa shape index (κ2) is 6.85. The average Bonchev–Trinajstić information content (AvgIpc) is 3.24. The molecule has 1 amide bonds. The molecule has 0 heterocycles. The average molecular weight is 356 g/mol. The Morgan fingerprint density at radius 1 is 1.43 bits per heavy atom. The van der Waals surface area contributed by atoms with E-state index in [1.807, 2.05) is 0 Å². The van der Waals surface area contributed by atoms with E-state index in [2.05, 4.69) is 15.9 Å². The van der Waals surface area contributed by atoms with Crippen molar-refractivity contribution in [1.82, 2.24) is 4.90 Å². The number of carboxylic acids is 1. The van der Waals surface area contributed by atoms with E-state index in [-0.39, 0.29) is 24.9 Å². The third-order valence-corrected chi connectivity index (χ3v) is 3.69. The first-order valence-corrected chi connectivity index (χ1v) is 7.42. The first kappa shape index (κ1) is 15.7. The van der Waals surface area contributed by atoms with Gasteiger partial charge in [0.05, 0.1) is 6.42 Å². The van der Waals surface area contributed by atoms with Gasteiger partial charge in [-0.2, -0.15) is 0 Å². The van der Waals surface area contributed by atoms with Gasteiger partial charge in [0.2, 0.25) is 5.91 Å². The van der Waals surface area contributed by atoms with Crippen molar-refractivity contribution in [3.63, 3.8) is 0 Å². The lowest BCUT2D eigenvalue weighted by molar-refractivity contribution is -0.138. The minimum Gasteiger partial charge on any atom is -0.481 e. The van der Waals surface area contributed by atoms with Crippen molar-refractivity contribution in [2.24, 2.45) is 0 Å². The maximum absolute atomic E-state index is 13.6. The molecule has 21 heavy (non-hydrogen) atoms. The summed E-state index contributed by atoms with van der Waals surface area (Å²) >= 11 is 3.25. The Morgan fingerprint density at radius 2 is 2.14 bits per heavy atom. The van der Waals surface area contributed by atoms with Gasteiger partial charge in [-0.3, -0.25) is 9.59 Å². The minimum atomic E-state index is -0.935. The van der Waals surface area contributed by atoms with Gasteiger partial charge in [0.25, 0.3) is 0 Å². The van der Waals surface area contributed by atoms with Gasteiger partial charge in [-0.15, -0.1) is 0 Å². The van der Waals surface area contributed by atoms with Crippen LogP contribution in [-0.4, -0.2) is 34.5 Å². The van der Waals surface area contributed by atoms with E-state index in [0.29, 0.717) is 5.56 Å². The molecule has 0 spiro atoms. The van der Waals surface area contributed by atoms with Gasteiger partial charge in [0.15, 0.2) is 0 Å². The Morgan fingerprint density at radius 3 is 2.76 bits per heavy atom. The Hall–Kier alpha value is -1.69. The molecule has 1 aliphatic rings. The molecule has 1 aliphatic carbocycles. The first-order valence-electron chi connectivity index (χ1n) is 6.63. The van der Waals surface area contributed by atoms with Crippen LogP contribution in [0.4, 0.5) is 4.39 Å². The fourth-order valence-corrected chi connectivity index (χ4v) is 2.35. The molecule has 6 heteroatoms. The number of carbonyl (C=O) groups excluding carboxylic acids is 1. The molecule has 1 aromatic rings. The number of nitrogens with zero attached hydrogens (tertiary/aromatic N) is 1. The van der Waals surface area contributed by atoms with Crippen LogP contribution < -0.4 is 0 Å². The second-order valence-corrected chi connectivity index (χ2v) is 5.82. The van der Waals surface area contributed by atoms with Crippen molar-refractivity contribution in [2.45, 2.75) is 25.3 Å². The van der Waals surface area contributed by atoms with Gasteiger partial charge in [0.1, 0.15) is 5.82 Å². The van der Waals surface area contributed by atoms with E-state index in [4.69, 9.17) is 5.11 Å². The summed E-state index contributed by atoms with van der Waals surface area (Å²) < 4.78 is 14.3. The monoisotopic (exact) mass is 355 g/mol. The number of hydrogen-bond acceptors (Lipinski definition) is 2. The molecule has 4 nitrogen and oxygen atoms in total. The molecule has 0 bridgehead atoms. The molecule has 0 radical (unpaired) electrons. The zero-order valence-electron chi connectivity index (χ0n) is 11.3. The summed E-state index contributed by atoms with van der Waals surface area (Å²) in [7, 11) is 0. The molecule has 1 N–H and O–H groups in total. The van der Waals surface area contributed by atoms with Crippen molar-refractivity contribution >= 4 is 33.9 Å². The van der Waals surface area contributed by atoms with Crippen LogP contribution >= 0.6 is 15.9 Å². The molecule has 1 saturated carbocycles. The molecule has 0 saturated heterocycles. The van der Waals surface area contributed by atoms with Crippen LogP contribution in [0.1, 0.15) is 24.8 Å². The van der Waals surface area contributed by atoms with Gasteiger partial charge < -0.3 is 10.0 Å². The number of rotatable bonds is 6. The topological polar surface area (TPSA) is 57.6 Å². The lowest BCUT2D eigenvalue weighted by Crippen LogP contribution is -2.33. The number of benzene rings is 1. The van der Waals surface area contributed by atoms with Crippen LogP contribution in [0, 0.1) is 5.82 Å². The Kier molecular flexibility index (Phi) is 5.12. The van der Waals surface area contributed by atoms with E-state index < -0.39 is 11.8 Å². The highest BCUT2D eigenvalue weighted by Gasteiger charge is 2.31. The molecular formula is C15H15BrFNO3. The molecule has 0 aliphatic heterocycles. The number of hydrogen-bond donors (Lipinski definition) is 1. The predicted molar refractivity (Wildman–Crippen MR) is 80.1 cm³/mol. The Labute approximate surface area is 130 Å². The van der Waals surface area contributed by atoms with Crippen LogP contribution in [0.5, 0.6) is 0 Å². The normalized spacial score (nSPS) is 14.4. The lowest BCUT2D eigenvalue weighted by Gasteiger charge is -2.19. The van der Waals surface area contributed by atoms with Gasteiger partial charge in [-0.25, -0.2) is 4.39 Å². The van der Waals surface area contributed by atoms with E-state index >= 15 is 0 Å². The number of amides is 1. The SMILES string of the molecule is O=C(O)CCN(C(=O)/C=C/c1cc(Br)ccc1F)C1CC1. The highest BCUT2D eigenvalue weighted by Crippen LogP contribution is 2.27. The second-order valence-electron chi connectivity index (χ2n) is 4.91. The molecule has 0 atom stereocenters. The van der Waals surface area contributed by atoms with E-state index in [1.165, 1.54) is 18.2 Å². The van der Waals surface area contributed by atoms with Crippen LogP contribution in [0.15, 0.2) is 28.7 Å². The van der Waals surface area contributed by atoms with E-state index in [0.717, 1.165) is 17.3 Å². The lowest BCUT2D eigenvalue weighted by atomic mass is 10.2. The Balaban J connectivity index is 2.05. The fourth-order valence-electron chi connectivity index (χ4n) is 1.97. The summed E-state index contributed by atoms with van der Waals surface area (Å²) in [6.07, 6.45) is 4.42. The van der Waals surface area contributed by atoms with Gasteiger partial charge in [0, 0.05) is 28.7 Å². The molecule has 112 valence electrons. The van der Waals surface area contributed by atoms with Crippen LogP contribution in [-0.2, 0) is 9.59 Å². The summed E-state index contributed by atoms with van der Waals surface area (Å²) in [5.41, 5.74) is 0.312. The smallest absolute Gasteiger partial charge is 0.305 e. The summed E-state index contributed by atoms with van der Waals surface area (Å²) in [4.78, 5) is 24.3. The molecule has 1 aromatic carbocycles. The minimum absolute atomic E-state index is 0.0820. The van der Waals surface area contributed by atoms with Gasteiger partial charge in [-0.05, 0) is 37.1 Å². The third-order valence-electron chi connectivity index (χ3n) is 3.20. The molecule has 1 fully saturated rings. The van der Waals surface area contributed by atoms with Crippen LogP contribution in [0.25, 0.3) is 6.08 Å². The number of carboxylic acid groups (broad SMARTS) is 1. The van der Waals surface area contributed by atoms with Crippen molar-refractivity contribution in [2.75, 3.05) is 6.54 Å². The van der Waals surface area contributed by atoms with Crippen molar-refractivity contribution in [3.8, 4) is 0 Å². The van der Waals surface area contributed by atoms with Crippen LogP contribution in [0.2, 0.25) is 0 Å². The van der Waals surface area contributed by atoms with Crippen molar-refractivity contribution in [3.05, 3.63) is 40.1 Å². The number of carbonyl (C=O) groups is 2. The summed E-state index contributed by atoms with van der Waals surface area (Å²) in [6.45, 7) is 0.185. The zero-order valence-corrected chi connectivity index (χ0v) is 12.8. The maximum atomic E-state index is 13.6. The quantitative estimate of drug-likeness (QED) is 0.797. The van der Waals surface area contributed by atoms with Crippen LogP contribution in [0.3, 0.4) is 0 Å². The standard InChI is InChI=1S/C15H15BrFNO3/c16-11-2-5-13(17)10(9-11)1-6-14(19)18(12-3-4-12)8-7-15(20)21/h1-2,5-6,9,12H,3-4,7-8H2,(H,20,21)/b6-1+. The molecular weight excluding hydrogens is 341 g/mol. The number of aliphatic carboxylic acids is 1. The van der Waals surface area contributed by atoms with Gasteiger partial charge in [-0.1, -0.05) is 15.9 Å². The summed E-state index contributed by atoms with van der Waals surface area (Å²) in [6, 6.07) is 4.60. The highest BCUT2D eigenvalue weighted by atomic mass is 79.9. The molecule has 0 aromatic heterocycles. The third kappa shape index (κ3) is 4.67. The summed E-state index contributed by atoms with van der Waals surface area (Å²) in [5.74, 6) is -1.63. The van der Waals surface area contributed by atoms with E-state index in [1.54, 1.807) is 17.0 Å². The van der Waals surface area contributed by atoms with Crippen molar-refractivity contribution in [1.29, 1.82) is 0 Å². The Bertz CT molecular complexity index is 584. The first-order chi connectivity index (χ1) is 9.97. The maximum Gasteiger partial charge on any atom is 0.305 e. The zero-order chi connectivity index (χ0) is 15.4. The van der Waals surface area contributed by atoms with Crippen molar-refractivity contribution < 1.29 is 19.1 Å². The largest absolute Gasteiger partial charge is 0.481 e. The van der Waals surface area contributed by atoms with E-state index in [9.17, 15) is 14.0 Å². The fraction of sp³-hybridized carbons (Fsp3) is 0.333. The van der Waals surface area contributed by atoms with Gasteiger partial charge >= 0.3 is 5.97 Å². The molecule has 0 unspecified atom stereocenters.